The first-order chi connectivity index (χ1) is 22.1. The van der Waals surface area contributed by atoms with Gasteiger partial charge in [-0.15, -0.1) is 0 Å². The van der Waals surface area contributed by atoms with Crippen LogP contribution < -0.4 is 4.74 Å². The number of hydrogen-bond acceptors (Lipinski definition) is 3. The van der Waals surface area contributed by atoms with Crippen LogP contribution in [0.15, 0.2) is 91.1 Å². The Morgan fingerprint density at radius 1 is 0.652 bits per heavy atom. The lowest BCUT2D eigenvalue weighted by molar-refractivity contribution is 0.481. The Labute approximate surface area is 271 Å². The van der Waals surface area contributed by atoms with Crippen molar-refractivity contribution in [2.75, 3.05) is 0 Å². The summed E-state index contributed by atoms with van der Waals surface area (Å²) in [7, 11) is 0. The van der Waals surface area contributed by atoms with Gasteiger partial charge in [-0.25, -0.2) is 9.67 Å². The molecular weight excluding hydrogens is 564 g/mol. The van der Waals surface area contributed by atoms with E-state index in [4.69, 9.17) is 14.8 Å². The summed E-state index contributed by atoms with van der Waals surface area (Å²) in [6.45, 7) is 17.4. The number of pyridine rings is 1. The second-order valence-electron chi connectivity index (χ2n) is 13.0. The summed E-state index contributed by atoms with van der Waals surface area (Å²) in [4.78, 5) is 4.74. The fourth-order valence-corrected chi connectivity index (χ4v) is 6.99. The maximum Gasteiger partial charge on any atom is 0.137 e. The topological polar surface area (TPSA) is 44.9 Å². The molecule has 0 bridgehead atoms. The Morgan fingerprint density at radius 3 is 2.13 bits per heavy atom. The molecule has 0 saturated carbocycles. The van der Waals surface area contributed by atoms with E-state index in [9.17, 15) is 0 Å². The van der Waals surface area contributed by atoms with Crippen LogP contribution in [0.3, 0.4) is 0 Å². The summed E-state index contributed by atoms with van der Waals surface area (Å²) >= 11 is 0. The first kappa shape index (κ1) is 29.5. The number of benzene rings is 4. The molecule has 7 rings (SSSR count). The minimum atomic E-state index is 0.317. The predicted molar refractivity (Wildman–Crippen MR) is 190 cm³/mol. The molecule has 0 amide bonds. The molecule has 5 nitrogen and oxygen atoms in total. The van der Waals surface area contributed by atoms with E-state index in [-0.39, 0.29) is 0 Å². The second kappa shape index (κ2) is 11.3. The number of ether oxygens (including phenoxy) is 1. The van der Waals surface area contributed by atoms with E-state index in [1.807, 2.05) is 12.3 Å². The minimum absolute atomic E-state index is 0.317. The van der Waals surface area contributed by atoms with Crippen LogP contribution in [-0.4, -0.2) is 19.3 Å². The number of hydrogen-bond donors (Lipinski definition) is 0. The molecule has 3 aromatic heterocycles. The fraction of sp³-hybridized carbons (Fsp3) is 0.220. The Kier molecular flexibility index (Phi) is 7.28. The third kappa shape index (κ3) is 5.06. The molecule has 0 N–H and O–H groups in total. The molecule has 0 saturated heterocycles. The smallest absolute Gasteiger partial charge is 0.137 e. The molecule has 0 unspecified atom stereocenters. The molecule has 0 atom stereocenters. The SMILES string of the molecule is Cc1ccnc(-n2c3ccccc3c3ccc(Oc4cc(C(C)C)cc(-n5nc(C)c(-c6c(C)cc(C)cc6C)c5C)c4)cc32)c1. The quantitative estimate of drug-likeness (QED) is 0.190. The van der Waals surface area contributed by atoms with Crippen molar-refractivity contribution in [1.82, 2.24) is 19.3 Å². The number of rotatable bonds is 6. The van der Waals surface area contributed by atoms with Gasteiger partial charge in [0.05, 0.1) is 22.4 Å². The number of aryl methyl sites for hydroxylation is 5. The van der Waals surface area contributed by atoms with Crippen LogP contribution in [0.2, 0.25) is 0 Å². The average molecular weight is 605 g/mol. The second-order valence-corrected chi connectivity index (χ2v) is 13.0. The highest BCUT2D eigenvalue weighted by atomic mass is 16.5. The summed E-state index contributed by atoms with van der Waals surface area (Å²) in [6.07, 6.45) is 1.87. The van der Waals surface area contributed by atoms with E-state index in [1.54, 1.807) is 0 Å². The molecule has 3 heterocycles. The number of para-hydroxylation sites is 1. The highest BCUT2D eigenvalue weighted by molar-refractivity contribution is 6.09. The van der Waals surface area contributed by atoms with Gasteiger partial charge < -0.3 is 4.74 Å². The number of fused-ring (bicyclic) bond motifs is 3. The largest absolute Gasteiger partial charge is 0.457 e. The van der Waals surface area contributed by atoms with Gasteiger partial charge in [0.1, 0.15) is 17.3 Å². The van der Waals surface area contributed by atoms with E-state index in [0.29, 0.717) is 5.92 Å². The van der Waals surface area contributed by atoms with Gasteiger partial charge in [-0.2, -0.15) is 5.10 Å². The van der Waals surface area contributed by atoms with Crippen LogP contribution in [0.1, 0.15) is 59.0 Å². The first-order valence-electron chi connectivity index (χ1n) is 16.0. The van der Waals surface area contributed by atoms with E-state index in [2.05, 4.69) is 144 Å². The Balaban J connectivity index is 1.34. The molecule has 0 aliphatic rings. The number of nitrogens with zero attached hydrogens (tertiary/aromatic N) is 4. The Hall–Kier alpha value is -5.16. The van der Waals surface area contributed by atoms with Gasteiger partial charge in [0.2, 0.25) is 0 Å². The minimum Gasteiger partial charge on any atom is -0.457 e. The maximum absolute atomic E-state index is 6.69. The lowest BCUT2D eigenvalue weighted by Gasteiger charge is -2.15. The standard InChI is InChI=1S/C41H40N4O/c1-24(2)31-20-32(45-30(8)41(29(7)43-45)40-27(5)17-26(4)18-28(40)6)22-34(21-31)46-33-13-14-36-35-11-9-10-12-37(35)44(38(36)23-33)39-19-25(3)15-16-42-39/h9-24H,1-8H3. The molecule has 0 radical (unpaired) electrons. The van der Waals surface area contributed by atoms with Crippen molar-refractivity contribution >= 4 is 21.8 Å². The van der Waals surface area contributed by atoms with Crippen LogP contribution >= 0.6 is 0 Å². The normalized spacial score (nSPS) is 11.7. The van der Waals surface area contributed by atoms with E-state index in [0.717, 1.165) is 45.4 Å². The lowest BCUT2D eigenvalue weighted by Crippen LogP contribution is -2.02. The summed E-state index contributed by atoms with van der Waals surface area (Å²) in [5, 5.41) is 7.44. The van der Waals surface area contributed by atoms with Crippen LogP contribution in [0.25, 0.3) is 44.4 Å². The zero-order valence-electron chi connectivity index (χ0n) is 27.9. The molecular formula is C41H40N4O. The van der Waals surface area contributed by atoms with Gasteiger partial charge in [0, 0.05) is 40.4 Å². The van der Waals surface area contributed by atoms with Crippen molar-refractivity contribution in [1.29, 1.82) is 0 Å². The van der Waals surface area contributed by atoms with Gasteiger partial charge in [0.15, 0.2) is 0 Å². The van der Waals surface area contributed by atoms with Gasteiger partial charge >= 0.3 is 0 Å². The fourth-order valence-electron chi connectivity index (χ4n) is 6.99. The third-order valence-electron chi connectivity index (χ3n) is 9.05. The van der Waals surface area contributed by atoms with Crippen LogP contribution in [-0.2, 0) is 0 Å². The predicted octanol–water partition coefficient (Wildman–Crippen LogP) is 10.8. The molecule has 0 fully saturated rings. The van der Waals surface area contributed by atoms with E-state index >= 15 is 0 Å². The zero-order valence-corrected chi connectivity index (χ0v) is 27.9. The van der Waals surface area contributed by atoms with Crippen molar-refractivity contribution in [2.24, 2.45) is 0 Å². The molecule has 7 aromatic rings. The van der Waals surface area contributed by atoms with E-state index < -0.39 is 0 Å². The van der Waals surface area contributed by atoms with Gasteiger partial charge in [-0.3, -0.25) is 4.57 Å². The van der Waals surface area contributed by atoms with Gasteiger partial charge in [-0.05, 0) is 118 Å². The molecule has 5 heteroatoms. The first-order valence-corrected chi connectivity index (χ1v) is 16.0. The maximum atomic E-state index is 6.69. The summed E-state index contributed by atoms with van der Waals surface area (Å²) in [5.74, 6) is 2.77. The van der Waals surface area contributed by atoms with Crippen molar-refractivity contribution in [3.63, 3.8) is 0 Å². The molecule has 4 aromatic carbocycles. The Morgan fingerprint density at radius 2 is 1.39 bits per heavy atom. The van der Waals surface area contributed by atoms with E-state index in [1.165, 1.54) is 49.7 Å². The molecule has 0 aliphatic heterocycles. The van der Waals surface area contributed by atoms with Gasteiger partial charge in [-0.1, -0.05) is 49.7 Å². The highest BCUT2D eigenvalue weighted by Crippen LogP contribution is 2.38. The van der Waals surface area contributed by atoms with Crippen molar-refractivity contribution in [3.05, 3.63) is 130 Å². The monoisotopic (exact) mass is 604 g/mol. The third-order valence-corrected chi connectivity index (χ3v) is 9.05. The molecule has 0 spiro atoms. The van der Waals surface area contributed by atoms with Crippen molar-refractivity contribution in [3.8, 4) is 34.1 Å². The van der Waals surface area contributed by atoms with Crippen LogP contribution in [0.5, 0.6) is 11.5 Å². The van der Waals surface area contributed by atoms with Crippen LogP contribution in [0, 0.1) is 41.5 Å². The Bertz CT molecular complexity index is 2260. The summed E-state index contributed by atoms with van der Waals surface area (Å²) in [5.41, 5.74) is 14.0. The summed E-state index contributed by atoms with van der Waals surface area (Å²) < 4.78 is 11.0. The molecule has 0 aliphatic carbocycles. The van der Waals surface area contributed by atoms with Gasteiger partial charge in [0.25, 0.3) is 0 Å². The molecule has 46 heavy (non-hydrogen) atoms. The van der Waals surface area contributed by atoms with Crippen molar-refractivity contribution < 1.29 is 4.74 Å². The number of aromatic nitrogens is 4. The van der Waals surface area contributed by atoms with Crippen LogP contribution in [0.4, 0.5) is 0 Å². The lowest BCUT2D eigenvalue weighted by atomic mass is 9.92. The average Bonchev–Trinajstić information content (AvgIpc) is 3.49. The highest BCUT2D eigenvalue weighted by Gasteiger charge is 2.20. The zero-order chi connectivity index (χ0) is 32.3. The van der Waals surface area contributed by atoms with Crippen molar-refractivity contribution in [2.45, 2.75) is 61.3 Å². The molecule has 230 valence electrons. The summed E-state index contributed by atoms with van der Waals surface area (Å²) in [6, 6.07) is 30.0.